The molecular formula is C23H30O3. The average molecular weight is 354 g/mol. The number of hydrogen-bond donors (Lipinski definition) is 1. The highest BCUT2D eigenvalue weighted by Gasteiger charge is 2.29. The number of carbonyl (C=O) groups excluding carboxylic acids is 1. The van der Waals surface area contributed by atoms with E-state index in [1.165, 1.54) is 12.7 Å². The van der Waals surface area contributed by atoms with Crippen LogP contribution in [0.25, 0.3) is 0 Å². The van der Waals surface area contributed by atoms with Crippen molar-refractivity contribution in [2.75, 3.05) is 7.11 Å². The molecule has 3 heteroatoms. The molecule has 0 saturated carbocycles. The van der Waals surface area contributed by atoms with Gasteiger partial charge < -0.3 is 9.84 Å². The zero-order chi connectivity index (χ0) is 19.4. The molecule has 1 N–H and O–H groups in total. The van der Waals surface area contributed by atoms with Crippen molar-refractivity contribution in [3.63, 3.8) is 0 Å². The molecule has 0 radical (unpaired) electrons. The molecule has 0 aliphatic heterocycles. The minimum absolute atomic E-state index is 0.0940. The van der Waals surface area contributed by atoms with Crippen molar-refractivity contribution in [3.05, 3.63) is 65.2 Å². The highest BCUT2D eigenvalue weighted by Crippen LogP contribution is 2.40. The maximum atomic E-state index is 11.4. The lowest BCUT2D eigenvalue weighted by atomic mass is 9.74. The number of ether oxygens (including phenoxy) is 1. The van der Waals surface area contributed by atoms with E-state index in [4.69, 9.17) is 4.74 Å². The van der Waals surface area contributed by atoms with Gasteiger partial charge in [0.25, 0.3) is 0 Å². The van der Waals surface area contributed by atoms with Crippen molar-refractivity contribution in [2.24, 2.45) is 0 Å². The molecule has 0 heterocycles. The minimum atomic E-state index is -0.302. The number of phenolic OH excluding ortho intramolecular Hbond substituents is 1. The first-order valence-corrected chi connectivity index (χ1v) is 9.15. The molecule has 0 aliphatic rings. The second-order valence-electron chi connectivity index (χ2n) is 8.04. The van der Waals surface area contributed by atoms with Crippen LogP contribution in [0.4, 0.5) is 0 Å². The van der Waals surface area contributed by atoms with Gasteiger partial charge in [0.2, 0.25) is 0 Å². The van der Waals surface area contributed by atoms with Crippen LogP contribution >= 0.6 is 0 Å². The Morgan fingerprint density at radius 1 is 1.00 bits per heavy atom. The Hall–Kier alpha value is -2.29. The molecule has 0 atom stereocenters. The Morgan fingerprint density at radius 2 is 1.65 bits per heavy atom. The van der Waals surface area contributed by atoms with E-state index in [-0.39, 0.29) is 16.8 Å². The van der Waals surface area contributed by atoms with E-state index in [9.17, 15) is 9.90 Å². The van der Waals surface area contributed by atoms with Crippen LogP contribution in [0.1, 0.15) is 63.6 Å². The van der Waals surface area contributed by atoms with E-state index in [0.717, 1.165) is 24.0 Å². The van der Waals surface area contributed by atoms with Gasteiger partial charge in [-0.3, -0.25) is 4.79 Å². The first-order valence-electron chi connectivity index (χ1n) is 9.15. The minimum Gasteiger partial charge on any atom is -0.508 e. The van der Waals surface area contributed by atoms with Gasteiger partial charge in [-0.15, -0.1) is 0 Å². The summed E-state index contributed by atoms with van der Waals surface area (Å²) in [5, 5.41) is 10.5. The second kappa shape index (κ2) is 7.94. The quantitative estimate of drug-likeness (QED) is 0.683. The van der Waals surface area contributed by atoms with Crippen molar-refractivity contribution < 1.29 is 14.6 Å². The molecule has 140 valence electrons. The molecule has 2 aromatic carbocycles. The van der Waals surface area contributed by atoms with E-state index < -0.39 is 0 Å². The average Bonchev–Trinajstić information content (AvgIpc) is 2.62. The Morgan fingerprint density at radius 3 is 2.27 bits per heavy atom. The van der Waals surface area contributed by atoms with Crippen LogP contribution in [-0.2, 0) is 20.4 Å². The molecule has 0 aromatic heterocycles. The number of benzene rings is 2. The molecule has 0 unspecified atom stereocenters. The number of esters is 1. The van der Waals surface area contributed by atoms with Crippen LogP contribution in [0.5, 0.6) is 5.75 Å². The van der Waals surface area contributed by atoms with Gasteiger partial charge in [-0.25, -0.2) is 0 Å². The lowest BCUT2D eigenvalue weighted by Gasteiger charge is -2.31. The van der Waals surface area contributed by atoms with Crippen molar-refractivity contribution >= 4 is 5.97 Å². The topological polar surface area (TPSA) is 46.5 Å². The second-order valence-corrected chi connectivity index (χ2v) is 8.04. The zero-order valence-corrected chi connectivity index (χ0v) is 16.5. The largest absolute Gasteiger partial charge is 0.508 e. The maximum absolute atomic E-state index is 11.4. The third-order valence-electron chi connectivity index (χ3n) is 5.36. The number of aromatic hydroxyl groups is 1. The van der Waals surface area contributed by atoms with Crippen LogP contribution in [0.3, 0.4) is 0 Å². The SMILES string of the molecule is COC(=O)CCCC(C)(C)c1ccc(O)c(C(C)(C)c2ccccc2)c1. The fourth-order valence-electron chi connectivity index (χ4n) is 3.39. The predicted molar refractivity (Wildman–Crippen MR) is 106 cm³/mol. The summed E-state index contributed by atoms with van der Waals surface area (Å²) in [5.41, 5.74) is 2.85. The van der Waals surface area contributed by atoms with Gasteiger partial charge in [0.15, 0.2) is 0 Å². The smallest absolute Gasteiger partial charge is 0.305 e. The third kappa shape index (κ3) is 4.46. The molecule has 0 aliphatic carbocycles. The van der Waals surface area contributed by atoms with Crippen molar-refractivity contribution in [2.45, 2.75) is 57.8 Å². The zero-order valence-electron chi connectivity index (χ0n) is 16.5. The molecular weight excluding hydrogens is 324 g/mol. The monoisotopic (exact) mass is 354 g/mol. The van der Waals surface area contributed by atoms with Crippen LogP contribution in [-0.4, -0.2) is 18.2 Å². The van der Waals surface area contributed by atoms with Crippen molar-refractivity contribution in [3.8, 4) is 5.75 Å². The Bertz CT molecular complexity index is 745. The molecule has 26 heavy (non-hydrogen) atoms. The Balaban J connectivity index is 2.30. The lowest BCUT2D eigenvalue weighted by molar-refractivity contribution is -0.140. The van der Waals surface area contributed by atoms with Gasteiger partial charge in [-0.2, -0.15) is 0 Å². The fourth-order valence-corrected chi connectivity index (χ4v) is 3.39. The van der Waals surface area contributed by atoms with Crippen molar-refractivity contribution in [1.82, 2.24) is 0 Å². The number of phenols is 1. The van der Waals surface area contributed by atoms with Crippen LogP contribution < -0.4 is 0 Å². The molecule has 0 fully saturated rings. The van der Waals surface area contributed by atoms with Gasteiger partial charge in [0, 0.05) is 17.4 Å². The molecule has 3 nitrogen and oxygen atoms in total. The number of rotatable bonds is 7. The van der Waals surface area contributed by atoms with Gasteiger partial charge in [0.1, 0.15) is 5.75 Å². The Kier molecular flexibility index (Phi) is 6.12. The standard InChI is InChI=1S/C23H30O3/c1-22(2,15-9-12-21(25)26-5)18-13-14-20(24)19(16-18)23(3,4)17-10-7-6-8-11-17/h6-8,10-11,13-14,16,24H,9,12,15H2,1-5H3. The van der Waals surface area contributed by atoms with E-state index in [1.54, 1.807) is 6.07 Å². The summed E-state index contributed by atoms with van der Waals surface area (Å²) in [4.78, 5) is 11.4. The summed E-state index contributed by atoms with van der Waals surface area (Å²) in [6.07, 6.45) is 2.08. The first kappa shape index (κ1) is 20.0. The summed E-state index contributed by atoms with van der Waals surface area (Å²) in [6.45, 7) is 8.61. The third-order valence-corrected chi connectivity index (χ3v) is 5.36. The lowest BCUT2D eigenvalue weighted by Crippen LogP contribution is -2.22. The molecule has 0 spiro atoms. The normalized spacial score (nSPS) is 12.0. The van der Waals surface area contributed by atoms with Gasteiger partial charge in [-0.1, -0.05) is 70.2 Å². The van der Waals surface area contributed by atoms with E-state index in [2.05, 4.69) is 45.9 Å². The maximum Gasteiger partial charge on any atom is 0.305 e. The summed E-state index contributed by atoms with van der Waals surface area (Å²) in [5.74, 6) is 0.144. The molecule has 2 aromatic rings. The van der Waals surface area contributed by atoms with Gasteiger partial charge in [-0.05, 0) is 35.4 Å². The van der Waals surface area contributed by atoms with Crippen LogP contribution in [0.15, 0.2) is 48.5 Å². The summed E-state index contributed by atoms with van der Waals surface area (Å²) in [6, 6.07) is 16.1. The number of carbonyl (C=O) groups is 1. The van der Waals surface area contributed by atoms with E-state index in [0.29, 0.717) is 12.2 Å². The first-order chi connectivity index (χ1) is 12.2. The Labute approximate surface area is 157 Å². The van der Waals surface area contributed by atoms with E-state index >= 15 is 0 Å². The highest BCUT2D eigenvalue weighted by atomic mass is 16.5. The van der Waals surface area contributed by atoms with Gasteiger partial charge in [0.05, 0.1) is 7.11 Å². The summed E-state index contributed by atoms with van der Waals surface area (Å²) < 4.78 is 4.73. The molecule has 2 rings (SSSR count). The molecule has 0 bridgehead atoms. The predicted octanol–water partition coefficient (Wildman–Crippen LogP) is 5.34. The highest BCUT2D eigenvalue weighted by molar-refractivity contribution is 5.69. The summed E-state index contributed by atoms with van der Waals surface area (Å²) in [7, 11) is 1.42. The van der Waals surface area contributed by atoms with Crippen molar-refractivity contribution in [1.29, 1.82) is 0 Å². The number of hydrogen-bond acceptors (Lipinski definition) is 3. The fraction of sp³-hybridized carbons (Fsp3) is 0.435. The van der Waals surface area contributed by atoms with Gasteiger partial charge >= 0.3 is 5.97 Å². The molecule has 0 saturated heterocycles. The van der Waals surface area contributed by atoms with Crippen LogP contribution in [0, 0.1) is 0 Å². The van der Waals surface area contributed by atoms with E-state index in [1.807, 2.05) is 24.3 Å². The number of methoxy groups -OCH3 is 1. The molecule has 0 amide bonds. The van der Waals surface area contributed by atoms with Crippen LogP contribution in [0.2, 0.25) is 0 Å². The summed E-state index contributed by atoms with van der Waals surface area (Å²) >= 11 is 0.